The zero-order valence-electron chi connectivity index (χ0n) is 10.5. The van der Waals surface area contributed by atoms with Gasteiger partial charge in [0.15, 0.2) is 0 Å². The molecule has 14 heavy (non-hydrogen) atoms. The van der Waals surface area contributed by atoms with E-state index in [9.17, 15) is 0 Å². The van der Waals surface area contributed by atoms with E-state index in [1.54, 1.807) is 0 Å². The second-order valence-electron chi connectivity index (χ2n) is 5.81. The fourth-order valence-electron chi connectivity index (χ4n) is 3.03. The third-order valence-electron chi connectivity index (χ3n) is 3.53. The predicted octanol–water partition coefficient (Wildman–Crippen LogP) is 3.45. The Bertz CT molecular complexity index is 155. The highest BCUT2D eigenvalue weighted by molar-refractivity contribution is 4.83. The molecule has 1 heterocycles. The summed E-state index contributed by atoms with van der Waals surface area (Å²) >= 11 is 0. The lowest BCUT2D eigenvalue weighted by atomic mass is 9.77. The number of piperidine rings is 1. The van der Waals surface area contributed by atoms with Crippen molar-refractivity contribution in [3.63, 3.8) is 0 Å². The molecule has 1 N–H and O–H groups in total. The van der Waals surface area contributed by atoms with Gasteiger partial charge < -0.3 is 5.32 Å². The second-order valence-corrected chi connectivity index (χ2v) is 5.81. The SMILES string of the molecule is CC(C)CC(C)C1CC(C)NC(C)C1. The van der Waals surface area contributed by atoms with E-state index in [1.165, 1.54) is 19.3 Å². The molecule has 0 aromatic heterocycles. The number of nitrogens with one attached hydrogen (secondary N) is 1. The molecule has 0 aromatic rings. The minimum atomic E-state index is 0.721. The third-order valence-corrected chi connectivity index (χ3v) is 3.53. The molecular weight excluding hydrogens is 170 g/mol. The first-order valence-electron chi connectivity index (χ1n) is 6.25. The molecule has 0 aliphatic carbocycles. The van der Waals surface area contributed by atoms with Gasteiger partial charge in [-0.2, -0.15) is 0 Å². The van der Waals surface area contributed by atoms with Crippen LogP contribution in [0.15, 0.2) is 0 Å². The summed E-state index contributed by atoms with van der Waals surface area (Å²) in [5, 5.41) is 3.62. The average molecular weight is 197 g/mol. The topological polar surface area (TPSA) is 12.0 Å². The molecule has 0 bridgehead atoms. The van der Waals surface area contributed by atoms with Crippen LogP contribution in [-0.4, -0.2) is 12.1 Å². The second kappa shape index (κ2) is 5.16. The van der Waals surface area contributed by atoms with Crippen molar-refractivity contribution in [1.82, 2.24) is 5.32 Å². The standard InChI is InChI=1S/C13H27N/c1-9(2)6-10(3)13-7-11(4)14-12(5)8-13/h9-14H,6-8H2,1-5H3. The minimum absolute atomic E-state index is 0.721. The smallest absolute Gasteiger partial charge is 0.00439 e. The van der Waals surface area contributed by atoms with Crippen molar-refractivity contribution in [3.05, 3.63) is 0 Å². The first-order chi connectivity index (χ1) is 6.49. The van der Waals surface area contributed by atoms with E-state index in [2.05, 4.69) is 39.9 Å². The molecule has 84 valence electrons. The Labute approximate surface area is 89.7 Å². The summed E-state index contributed by atoms with van der Waals surface area (Å²) in [4.78, 5) is 0. The zero-order chi connectivity index (χ0) is 10.7. The van der Waals surface area contributed by atoms with Gasteiger partial charge in [-0.3, -0.25) is 0 Å². The largest absolute Gasteiger partial charge is 0.312 e. The summed E-state index contributed by atoms with van der Waals surface area (Å²) in [6, 6.07) is 1.44. The van der Waals surface area contributed by atoms with Gasteiger partial charge in [-0.25, -0.2) is 0 Å². The molecular formula is C13H27N. The normalized spacial score (nSPS) is 36.0. The molecule has 1 nitrogen and oxygen atoms in total. The van der Waals surface area contributed by atoms with Crippen LogP contribution in [0.4, 0.5) is 0 Å². The maximum absolute atomic E-state index is 3.62. The third kappa shape index (κ3) is 3.61. The Hall–Kier alpha value is -0.0400. The number of rotatable bonds is 3. The average Bonchev–Trinajstić information content (AvgIpc) is 2.00. The Morgan fingerprint density at radius 2 is 1.57 bits per heavy atom. The van der Waals surface area contributed by atoms with Crippen LogP contribution in [0.3, 0.4) is 0 Å². The molecule has 1 fully saturated rings. The fraction of sp³-hybridized carbons (Fsp3) is 1.00. The Morgan fingerprint density at radius 1 is 1.07 bits per heavy atom. The molecule has 1 heteroatoms. The molecule has 0 spiro atoms. The maximum atomic E-state index is 3.62. The quantitative estimate of drug-likeness (QED) is 0.731. The lowest BCUT2D eigenvalue weighted by Gasteiger charge is -2.36. The van der Waals surface area contributed by atoms with Crippen LogP contribution in [0.1, 0.15) is 53.9 Å². The van der Waals surface area contributed by atoms with Crippen LogP contribution in [0.25, 0.3) is 0 Å². The van der Waals surface area contributed by atoms with Gasteiger partial charge in [0, 0.05) is 12.1 Å². The van der Waals surface area contributed by atoms with Gasteiger partial charge in [0.25, 0.3) is 0 Å². The molecule has 0 aromatic carbocycles. The van der Waals surface area contributed by atoms with E-state index >= 15 is 0 Å². The van der Waals surface area contributed by atoms with E-state index in [4.69, 9.17) is 0 Å². The van der Waals surface area contributed by atoms with Crippen LogP contribution >= 0.6 is 0 Å². The Morgan fingerprint density at radius 3 is 2.00 bits per heavy atom. The number of hydrogen-bond donors (Lipinski definition) is 1. The maximum Gasteiger partial charge on any atom is 0.00439 e. The lowest BCUT2D eigenvalue weighted by Crippen LogP contribution is -2.43. The predicted molar refractivity (Wildman–Crippen MR) is 63.4 cm³/mol. The Kier molecular flexibility index (Phi) is 4.43. The van der Waals surface area contributed by atoms with E-state index in [0.717, 1.165) is 29.8 Å². The van der Waals surface area contributed by atoms with Crippen molar-refractivity contribution >= 4 is 0 Å². The summed E-state index contributed by atoms with van der Waals surface area (Å²) in [5.74, 6) is 2.70. The summed E-state index contributed by atoms with van der Waals surface area (Å²) < 4.78 is 0. The van der Waals surface area contributed by atoms with Crippen molar-refractivity contribution in [3.8, 4) is 0 Å². The van der Waals surface area contributed by atoms with Gasteiger partial charge in [-0.15, -0.1) is 0 Å². The van der Waals surface area contributed by atoms with Crippen molar-refractivity contribution in [2.45, 2.75) is 66.0 Å². The van der Waals surface area contributed by atoms with Crippen molar-refractivity contribution < 1.29 is 0 Å². The van der Waals surface area contributed by atoms with E-state index in [0.29, 0.717) is 0 Å². The van der Waals surface area contributed by atoms with Crippen LogP contribution in [0.2, 0.25) is 0 Å². The highest BCUT2D eigenvalue weighted by atomic mass is 15.0. The van der Waals surface area contributed by atoms with Crippen molar-refractivity contribution in [2.75, 3.05) is 0 Å². The molecule has 1 saturated heterocycles. The zero-order valence-corrected chi connectivity index (χ0v) is 10.5. The molecule has 0 radical (unpaired) electrons. The van der Waals surface area contributed by atoms with E-state index < -0.39 is 0 Å². The monoisotopic (exact) mass is 197 g/mol. The van der Waals surface area contributed by atoms with Gasteiger partial charge >= 0.3 is 0 Å². The van der Waals surface area contributed by atoms with Gasteiger partial charge in [0.2, 0.25) is 0 Å². The van der Waals surface area contributed by atoms with Crippen molar-refractivity contribution in [1.29, 1.82) is 0 Å². The number of hydrogen-bond acceptors (Lipinski definition) is 1. The fourth-order valence-corrected chi connectivity index (χ4v) is 3.03. The lowest BCUT2D eigenvalue weighted by molar-refractivity contribution is 0.185. The van der Waals surface area contributed by atoms with Crippen LogP contribution in [0, 0.1) is 17.8 Å². The molecule has 0 saturated carbocycles. The van der Waals surface area contributed by atoms with Gasteiger partial charge in [-0.1, -0.05) is 20.8 Å². The molecule has 0 amide bonds. The van der Waals surface area contributed by atoms with Gasteiger partial charge in [-0.05, 0) is 50.9 Å². The van der Waals surface area contributed by atoms with Crippen molar-refractivity contribution in [2.24, 2.45) is 17.8 Å². The van der Waals surface area contributed by atoms with Gasteiger partial charge in [0.1, 0.15) is 0 Å². The summed E-state index contributed by atoms with van der Waals surface area (Å²) in [5.41, 5.74) is 0. The van der Waals surface area contributed by atoms with Crippen LogP contribution < -0.4 is 5.32 Å². The first-order valence-corrected chi connectivity index (χ1v) is 6.25. The van der Waals surface area contributed by atoms with Gasteiger partial charge in [0.05, 0.1) is 0 Å². The van der Waals surface area contributed by atoms with Crippen LogP contribution in [-0.2, 0) is 0 Å². The molecule has 3 atom stereocenters. The molecule has 1 aliphatic rings. The summed E-state index contributed by atoms with van der Waals surface area (Å²) in [7, 11) is 0. The molecule has 1 aliphatic heterocycles. The summed E-state index contributed by atoms with van der Waals surface area (Å²) in [6.45, 7) is 11.8. The highest BCUT2D eigenvalue weighted by Crippen LogP contribution is 2.30. The first kappa shape index (κ1) is 12.0. The molecule has 1 rings (SSSR count). The highest BCUT2D eigenvalue weighted by Gasteiger charge is 2.27. The van der Waals surface area contributed by atoms with Crippen LogP contribution in [0.5, 0.6) is 0 Å². The molecule has 3 unspecified atom stereocenters. The minimum Gasteiger partial charge on any atom is -0.312 e. The Balaban J connectivity index is 2.42. The van der Waals surface area contributed by atoms with E-state index in [1.807, 2.05) is 0 Å². The summed E-state index contributed by atoms with van der Waals surface area (Å²) in [6.07, 6.45) is 4.14. The van der Waals surface area contributed by atoms with E-state index in [-0.39, 0.29) is 0 Å².